The van der Waals surface area contributed by atoms with Gasteiger partial charge in [-0.25, -0.2) is 0 Å². The molecule has 0 saturated carbocycles. The van der Waals surface area contributed by atoms with Gasteiger partial charge in [0.05, 0.1) is 18.5 Å². The van der Waals surface area contributed by atoms with Crippen LogP contribution in [0.2, 0.25) is 0 Å². The molecule has 2 amide bonds. The molecule has 5 N–H and O–H groups in total. The van der Waals surface area contributed by atoms with Crippen LogP contribution in [0, 0.1) is 0 Å². The van der Waals surface area contributed by atoms with Gasteiger partial charge in [0.15, 0.2) is 5.71 Å². The van der Waals surface area contributed by atoms with Crippen molar-refractivity contribution in [1.82, 2.24) is 0 Å². The van der Waals surface area contributed by atoms with Gasteiger partial charge in [0, 0.05) is 28.1 Å². The second kappa shape index (κ2) is 16.7. The zero-order valence-electron chi connectivity index (χ0n) is 28.5. The molecule has 17 heteroatoms. The number of hydrogen-bond acceptors (Lipinski definition) is 12. The number of nitrogens with zero attached hydrogens (tertiary/aromatic N) is 2. The summed E-state index contributed by atoms with van der Waals surface area (Å²) in [5.74, 6) is -2.39. The van der Waals surface area contributed by atoms with Crippen molar-refractivity contribution in [1.29, 1.82) is 0 Å². The number of amides is 2. The number of carbonyl (C=O) groups excluding carboxylic acids is 4. The van der Waals surface area contributed by atoms with E-state index < -0.39 is 49.9 Å². The largest absolute Gasteiger partial charge is 1.00 e. The molecular weight excluding hydrogens is 727 g/mol. The number of hydrazone groups is 2. The molecular formula is C37H27N6NaO9S. The van der Waals surface area contributed by atoms with Crippen LogP contribution in [0.15, 0.2) is 130 Å². The van der Waals surface area contributed by atoms with Crippen molar-refractivity contribution >= 4 is 73.7 Å². The van der Waals surface area contributed by atoms with Crippen LogP contribution in [0.5, 0.6) is 5.75 Å². The van der Waals surface area contributed by atoms with Crippen LogP contribution in [-0.2, 0) is 14.9 Å². The predicted molar refractivity (Wildman–Crippen MR) is 196 cm³/mol. The van der Waals surface area contributed by atoms with E-state index in [0.29, 0.717) is 22.8 Å². The van der Waals surface area contributed by atoms with Gasteiger partial charge in [-0.05, 0) is 96.6 Å². The van der Waals surface area contributed by atoms with Gasteiger partial charge in [-0.3, -0.25) is 34.6 Å². The van der Waals surface area contributed by atoms with Crippen LogP contribution in [0.1, 0.15) is 36.6 Å². The summed E-state index contributed by atoms with van der Waals surface area (Å²) in [5.41, 5.74) is 6.82. The Morgan fingerprint density at radius 1 is 0.759 bits per heavy atom. The van der Waals surface area contributed by atoms with Gasteiger partial charge in [0.25, 0.3) is 21.9 Å². The summed E-state index contributed by atoms with van der Waals surface area (Å²) < 4.78 is 39.8. The number of hydrogen-bond donors (Lipinski definition) is 5. The number of fused-ring (bicyclic) bond motifs is 1. The molecule has 4 aromatic carbocycles. The van der Waals surface area contributed by atoms with Gasteiger partial charge in [0.2, 0.25) is 11.6 Å². The summed E-state index contributed by atoms with van der Waals surface area (Å²) in [7, 11) is -3.48. The molecule has 0 aromatic heterocycles. The Balaban J connectivity index is 0.00000561. The summed E-state index contributed by atoms with van der Waals surface area (Å²) >= 11 is 0. The number of para-hydroxylation sites is 2. The molecule has 0 atom stereocenters. The van der Waals surface area contributed by atoms with Gasteiger partial charge in [-0.15, -0.1) is 5.76 Å². The van der Waals surface area contributed by atoms with Crippen LogP contribution >= 0.6 is 0 Å². The van der Waals surface area contributed by atoms with E-state index >= 15 is 0 Å². The first-order valence-corrected chi connectivity index (χ1v) is 17.0. The quantitative estimate of drug-likeness (QED) is 0.0670. The van der Waals surface area contributed by atoms with E-state index in [1.165, 1.54) is 61.7 Å². The van der Waals surface area contributed by atoms with Crippen LogP contribution in [-0.4, -0.2) is 54.9 Å². The number of ketones is 2. The molecule has 15 nitrogen and oxygen atoms in total. The van der Waals surface area contributed by atoms with Crippen molar-refractivity contribution in [2.75, 3.05) is 28.6 Å². The van der Waals surface area contributed by atoms with Crippen molar-refractivity contribution < 1.29 is 71.5 Å². The first-order valence-electron chi connectivity index (χ1n) is 15.5. The van der Waals surface area contributed by atoms with E-state index in [2.05, 4.69) is 31.7 Å². The molecule has 0 bridgehead atoms. The predicted octanol–water partition coefficient (Wildman–Crippen LogP) is 1.25. The Bertz CT molecular complexity index is 2460. The number of anilines is 4. The topological polar surface area (TPSA) is 228 Å². The minimum atomic E-state index is -4.91. The summed E-state index contributed by atoms with van der Waals surface area (Å²) in [6, 6.07) is 23.1. The second-order valence-electron chi connectivity index (χ2n) is 11.3. The molecule has 0 radical (unpaired) electrons. The smallest absolute Gasteiger partial charge is 0.872 e. The summed E-state index contributed by atoms with van der Waals surface area (Å²) in [5, 5.41) is 24.6. The average Bonchev–Trinajstić information content (AvgIpc) is 3.14. The van der Waals surface area contributed by atoms with E-state index in [9.17, 15) is 37.3 Å². The Labute approximate surface area is 330 Å². The standard InChI is InChI=1S/C37H28N6O9S.Na/c1-52-32-8-3-2-7-30(32)42-43-34-33(53(49,50)51)19-23-18-26(13-15-28(23)35(34)46)39-37(48)22-5-4-6-25(17-22)38-36(47)21-9-11-24(12-10-21)40-41-29-16-14-27(44)20-31(29)45;/h2-20,40,42,44H,1H3,(H,38,47)(H,39,48)(H,49,50,51);/q;+1/p-1. The van der Waals surface area contributed by atoms with Crippen LogP contribution in [0.25, 0.3) is 6.08 Å². The Morgan fingerprint density at radius 3 is 2.15 bits per heavy atom. The van der Waals surface area contributed by atoms with Crippen LogP contribution in [0.4, 0.5) is 22.7 Å². The third-order valence-electron chi connectivity index (χ3n) is 7.73. The van der Waals surface area contributed by atoms with Gasteiger partial charge in [-0.2, -0.15) is 18.6 Å². The van der Waals surface area contributed by atoms with E-state index in [1.54, 1.807) is 48.5 Å². The third-order valence-corrected chi connectivity index (χ3v) is 8.60. The summed E-state index contributed by atoms with van der Waals surface area (Å²) in [6.07, 6.45) is 4.54. The second-order valence-corrected chi connectivity index (χ2v) is 12.7. The number of Topliss-reactive ketones (excluding diaryl/α,β-unsaturated/α-hetero) is 1. The normalized spacial score (nSPS) is 15.0. The van der Waals surface area contributed by atoms with Crippen LogP contribution < -0.4 is 60.9 Å². The fourth-order valence-electron chi connectivity index (χ4n) is 5.12. The molecule has 54 heavy (non-hydrogen) atoms. The van der Waals surface area contributed by atoms with Gasteiger partial charge in [-0.1, -0.05) is 24.3 Å². The molecule has 0 saturated heterocycles. The van der Waals surface area contributed by atoms with Gasteiger partial charge < -0.3 is 20.5 Å². The third kappa shape index (κ3) is 9.06. The average molecular weight is 755 g/mol. The van der Waals surface area contributed by atoms with Crippen molar-refractivity contribution in [3.8, 4) is 5.75 Å². The number of benzene rings is 4. The maximum absolute atomic E-state index is 13.4. The molecule has 0 aliphatic heterocycles. The fourth-order valence-corrected chi connectivity index (χ4v) is 5.78. The molecule has 2 aliphatic rings. The zero-order valence-corrected chi connectivity index (χ0v) is 31.3. The molecule has 0 unspecified atom stereocenters. The molecule has 6 rings (SSSR count). The van der Waals surface area contributed by atoms with E-state index in [4.69, 9.17) is 4.74 Å². The molecule has 4 aromatic rings. The van der Waals surface area contributed by atoms with E-state index in [0.717, 1.165) is 12.2 Å². The number of methoxy groups -OCH3 is 1. The minimum Gasteiger partial charge on any atom is -0.872 e. The van der Waals surface area contributed by atoms with Gasteiger partial charge >= 0.3 is 29.6 Å². The fraction of sp³-hybridized carbons (Fsp3) is 0.0270. The SMILES string of the molecule is COc1ccccc1NN=C1C(=O)c2ccc(NC(=O)c3cccc(NC(=O)c4ccc(NN=C5C=CC([O-])=CC5=O)cc4)c3)cc2C=C1S(=O)(=O)O.[Na+]. The summed E-state index contributed by atoms with van der Waals surface area (Å²) in [6.45, 7) is 0. The molecule has 266 valence electrons. The Morgan fingerprint density at radius 2 is 1.44 bits per heavy atom. The minimum absolute atomic E-state index is 0. The monoisotopic (exact) mass is 754 g/mol. The maximum Gasteiger partial charge on any atom is 1.00 e. The molecule has 2 aliphatic carbocycles. The number of carbonyl (C=O) groups is 4. The molecule has 0 spiro atoms. The zero-order chi connectivity index (χ0) is 37.7. The first kappa shape index (κ1) is 39.0. The van der Waals surface area contributed by atoms with Crippen molar-refractivity contribution in [3.63, 3.8) is 0 Å². The van der Waals surface area contributed by atoms with E-state index in [-0.39, 0.29) is 63.2 Å². The van der Waals surface area contributed by atoms with Gasteiger partial charge in [0.1, 0.15) is 16.4 Å². The number of allylic oxidation sites excluding steroid dienone is 4. The number of ether oxygens (including phenoxy) is 1. The van der Waals surface area contributed by atoms with Crippen LogP contribution in [0.3, 0.4) is 0 Å². The van der Waals surface area contributed by atoms with Crippen molar-refractivity contribution in [2.45, 2.75) is 0 Å². The Kier molecular flexibility index (Phi) is 12.0. The number of rotatable bonds is 10. The summed E-state index contributed by atoms with van der Waals surface area (Å²) in [4.78, 5) is 50.7. The molecule has 0 heterocycles. The number of nitrogens with one attached hydrogen (secondary N) is 4. The maximum atomic E-state index is 13.4. The first-order chi connectivity index (χ1) is 25.4. The van der Waals surface area contributed by atoms with Crippen molar-refractivity contribution in [2.24, 2.45) is 10.2 Å². The van der Waals surface area contributed by atoms with E-state index in [1.807, 2.05) is 0 Å². The van der Waals surface area contributed by atoms with Crippen molar-refractivity contribution in [3.05, 3.63) is 142 Å². The Hall–Kier alpha value is -6.17. The molecule has 0 fully saturated rings.